The van der Waals surface area contributed by atoms with Gasteiger partial charge >= 0.3 is 5.89 Å². The molecule has 1 aromatic heterocycles. The fourth-order valence-corrected chi connectivity index (χ4v) is 2.94. The van der Waals surface area contributed by atoms with Crippen molar-refractivity contribution < 1.29 is 8.98 Å². The molecule has 2 heterocycles. The molecule has 88 valence electrons. The number of aromatic nitrogens is 1. The maximum Gasteiger partial charge on any atom is 0.382 e. The second-order valence-electron chi connectivity index (χ2n) is 5.01. The van der Waals surface area contributed by atoms with Gasteiger partial charge in [0.1, 0.15) is 0 Å². The smallest absolute Gasteiger partial charge is 0.382 e. The molecule has 2 aromatic carbocycles. The van der Waals surface area contributed by atoms with E-state index in [1.807, 2.05) is 12.1 Å². The summed E-state index contributed by atoms with van der Waals surface area (Å²) in [5.41, 5.74) is 6.03. The molecule has 2 nitrogen and oxygen atoms in total. The summed E-state index contributed by atoms with van der Waals surface area (Å²) in [6.45, 7) is 4.37. The molecule has 0 spiro atoms. The minimum absolute atomic E-state index is 0.346. The van der Waals surface area contributed by atoms with Gasteiger partial charge in [0.15, 0.2) is 6.04 Å². The zero-order chi connectivity index (χ0) is 12.3. The van der Waals surface area contributed by atoms with Gasteiger partial charge in [-0.25, -0.2) is 0 Å². The molecule has 4 rings (SSSR count). The number of oxazole rings is 1. The van der Waals surface area contributed by atoms with Crippen LogP contribution in [0.4, 0.5) is 0 Å². The van der Waals surface area contributed by atoms with E-state index in [2.05, 4.69) is 48.7 Å². The number of benzene rings is 2. The second-order valence-corrected chi connectivity index (χ2v) is 5.01. The number of aryl methyl sites for hydroxylation is 1. The van der Waals surface area contributed by atoms with Gasteiger partial charge in [0.05, 0.1) is 5.56 Å². The van der Waals surface area contributed by atoms with Gasteiger partial charge in [-0.15, -0.1) is 4.57 Å². The summed E-state index contributed by atoms with van der Waals surface area (Å²) in [4.78, 5) is 0. The van der Waals surface area contributed by atoms with Crippen LogP contribution in [0.5, 0.6) is 0 Å². The number of nitrogens with zero attached hydrogens (tertiary/aromatic N) is 1. The highest BCUT2D eigenvalue weighted by molar-refractivity contribution is 5.73. The average Bonchev–Trinajstić information content (AvgIpc) is 2.87. The monoisotopic (exact) mass is 236 g/mol. The lowest BCUT2D eigenvalue weighted by Crippen LogP contribution is -2.34. The van der Waals surface area contributed by atoms with Crippen LogP contribution >= 0.6 is 0 Å². The first-order valence-electron chi connectivity index (χ1n) is 6.30. The molecular formula is C16H14NO+. The summed E-state index contributed by atoms with van der Waals surface area (Å²) in [6.07, 6.45) is 0. The van der Waals surface area contributed by atoms with E-state index in [1.165, 1.54) is 22.2 Å². The van der Waals surface area contributed by atoms with E-state index < -0.39 is 0 Å². The van der Waals surface area contributed by atoms with Gasteiger partial charge in [0.2, 0.25) is 5.58 Å². The Kier molecular flexibility index (Phi) is 1.77. The summed E-state index contributed by atoms with van der Waals surface area (Å²) in [5.74, 6) is 0.985. The Labute approximate surface area is 105 Å². The van der Waals surface area contributed by atoms with Gasteiger partial charge in [0, 0.05) is 18.6 Å². The Morgan fingerprint density at radius 2 is 1.94 bits per heavy atom. The molecule has 1 aliphatic rings. The molecule has 0 aliphatic carbocycles. The van der Waals surface area contributed by atoms with Crippen molar-refractivity contribution in [2.75, 3.05) is 0 Å². The van der Waals surface area contributed by atoms with Crippen LogP contribution in [0.15, 0.2) is 46.9 Å². The van der Waals surface area contributed by atoms with Crippen LogP contribution < -0.4 is 4.57 Å². The minimum Gasteiger partial charge on any atom is -0.398 e. The largest absolute Gasteiger partial charge is 0.398 e. The molecule has 0 unspecified atom stereocenters. The normalized spacial score (nSPS) is 16.9. The summed E-state index contributed by atoms with van der Waals surface area (Å²) >= 11 is 0. The molecule has 18 heavy (non-hydrogen) atoms. The van der Waals surface area contributed by atoms with Gasteiger partial charge in [-0.1, -0.05) is 23.8 Å². The number of hydrogen-bond donors (Lipinski definition) is 0. The van der Waals surface area contributed by atoms with Crippen LogP contribution in [0.3, 0.4) is 0 Å². The molecule has 1 atom stereocenters. The van der Waals surface area contributed by atoms with Crippen molar-refractivity contribution in [3.05, 3.63) is 53.6 Å². The van der Waals surface area contributed by atoms with Gasteiger partial charge in [-0.05, 0) is 25.1 Å². The molecule has 0 N–H and O–H groups in total. The first-order valence-corrected chi connectivity index (χ1v) is 6.30. The number of hydrogen-bond acceptors (Lipinski definition) is 1. The fraction of sp³-hybridized carbons (Fsp3) is 0.188. The molecule has 0 radical (unpaired) electrons. The molecular weight excluding hydrogens is 222 g/mol. The summed E-state index contributed by atoms with van der Waals surface area (Å²) in [6, 6.07) is 15.2. The predicted molar refractivity (Wildman–Crippen MR) is 70.4 cm³/mol. The van der Waals surface area contributed by atoms with Crippen molar-refractivity contribution >= 4 is 11.1 Å². The quantitative estimate of drug-likeness (QED) is 0.545. The molecule has 0 amide bonds. The molecule has 2 heteroatoms. The number of rotatable bonds is 0. The number of para-hydroxylation sites is 2. The SMILES string of the molecule is Cc1ccc2c(c1)[C@@H](C)[n+]1c-2oc2ccccc21. The molecule has 0 saturated heterocycles. The van der Waals surface area contributed by atoms with E-state index >= 15 is 0 Å². The molecule has 3 aromatic rings. The van der Waals surface area contributed by atoms with Crippen molar-refractivity contribution in [3.8, 4) is 11.5 Å². The highest BCUT2D eigenvalue weighted by atomic mass is 16.4. The topological polar surface area (TPSA) is 17.0 Å². The lowest BCUT2D eigenvalue weighted by atomic mass is 10.0. The highest BCUT2D eigenvalue weighted by Crippen LogP contribution is 2.37. The van der Waals surface area contributed by atoms with Crippen molar-refractivity contribution in [3.63, 3.8) is 0 Å². The Morgan fingerprint density at radius 1 is 1.11 bits per heavy atom. The summed E-state index contributed by atoms with van der Waals surface area (Å²) in [7, 11) is 0. The van der Waals surface area contributed by atoms with E-state index in [9.17, 15) is 0 Å². The van der Waals surface area contributed by atoms with Crippen LogP contribution in [-0.2, 0) is 0 Å². The Bertz CT molecular complexity index is 770. The minimum atomic E-state index is 0.346. The molecule has 0 fully saturated rings. The first-order chi connectivity index (χ1) is 8.75. The van der Waals surface area contributed by atoms with E-state index in [1.54, 1.807) is 0 Å². The van der Waals surface area contributed by atoms with Crippen molar-refractivity contribution in [1.82, 2.24) is 0 Å². The third-order valence-corrected chi connectivity index (χ3v) is 3.83. The fourth-order valence-electron chi connectivity index (χ4n) is 2.94. The molecule has 0 bridgehead atoms. The maximum absolute atomic E-state index is 6.01. The zero-order valence-electron chi connectivity index (χ0n) is 10.5. The van der Waals surface area contributed by atoms with Crippen LogP contribution in [0.1, 0.15) is 24.1 Å². The van der Waals surface area contributed by atoms with Gasteiger partial charge in [-0.3, -0.25) is 0 Å². The van der Waals surface area contributed by atoms with Crippen LogP contribution in [-0.4, -0.2) is 0 Å². The summed E-state index contributed by atoms with van der Waals surface area (Å²) in [5, 5.41) is 0. The first kappa shape index (κ1) is 9.89. The predicted octanol–water partition coefficient (Wildman–Crippen LogP) is 3.62. The zero-order valence-corrected chi connectivity index (χ0v) is 10.5. The van der Waals surface area contributed by atoms with Crippen LogP contribution in [0, 0.1) is 6.92 Å². The van der Waals surface area contributed by atoms with Gasteiger partial charge in [0.25, 0.3) is 5.52 Å². The Balaban J connectivity index is 2.11. The van der Waals surface area contributed by atoms with Crippen molar-refractivity contribution in [2.45, 2.75) is 19.9 Å². The maximum atomic E-state index is 6.01. The van der Waals surface area contributed by atoms with Gasteiger partial charge < -0.3 is 4.42 Å². The van der Waals surface area contributed by atoms with Crippen molar-refractivity contribution in [1.29, 1.82) is 0 Å². The lowest BCUT2D eigenvalue weighted by molar-refractivity contribution is -0.672. The lowest BCUT2D eigenvalue weighted by Gasteiger charge is -2.01. The van der Waals surface area contributed by atoms with E-state index in [4.69, 9.17) is 4.42 Å². The third kappa shape index (κ3) is 1.10. The Morgan fingerprint density at radius 3 is 2.83 bits per heavy atom. The second kappa shape index (κ2) is 3.22. The number of fused-ring (bicyclic) bond motifs is 5. The van der Waals surface area contributed by atoms with Gasteiger partial charge in [-0.2, -0.15) is 0 Å². The van der Waals surface area contributed by atoms with E-state index in [0.29, 0.717) is 6.04 Å². The van der Waals surface area contributed by atoms with E-state index in [0.717, 1.165) is 11.5 Å². The standard InChI is InChI=1S/C16H14NO/c1-10-7-8-12-13(9-10)11(2)17-14-5-3-4-6-15(14)18-16(12)17/h3-9,11H,1-2H3/q+1/t11-/m1/s1. The average molecular weight is 236 g/mol. The third-order valence-electron chi connectivity index (χ3n) is 3.83. The van der Waals surface area contributed by atoms with Crippen LogP contribution in [0.25, 0.3) is 22.6 Å². The van der Waals surface area contributed by atoms with Crippen molar-refractivity contribution in [2.24, 2.45) is 0 Å². The molecule has 0 saturated carbocycles. The van der Waals surface area contributed by atoms with Crippen LogP contribution in [0.2, 0.25) is 0 Å². The summed E-state index contributed by atoms with van der Waals surface area (Å²) < 4.78 is 8.30. The Hall–Kier alpha value is -2.09. The van der Waals surface area contributed by atoms with E-state index in [-0.39, 0.29) is 0 Å². The molecule has 1 aliphatic heterocycles. The highest BCUT2D eigenvalue weighted by Gasteiger charge is 2.39.